The van der Waals surface area contributed by atoms with E-state index in [9.17, 15) is 0 Å². The molecule has 8 nitrogen and oxygen atoms in total. The molecule has 2 heterocycles. The number of hydrogen-bond acceptors (Lipinski definition) is 4. The van der Waals surface area contributed by atoms with E-state index in [1.54, 1.807) is 19.1 Å². The minimum Gasteiger partial charge on any atom is -0.0921 e. The average molecular weight is 445 g/mol. The van der Waals surface area contributed by atoms with E-state index in [-0.39, 0.29) is 0 Å². The van der Waals surface area contributed by atoms with Crippen molar-refractivity contribution in [2.24, 2.45) is 0 Å². The van der Waals surface area contributed by atoms with Gasteiger partial charge >= 0.3 is 11.6 Å². The Hall–Kier alpha value is -4.98. The van der Waals surface area contributed by atoms with Crippen LogP contribution in [-0.4, -0.2) is 30.1 Å². The predicted octanol–water partition coefficient (Wildman–Crippen LogP) is 3.07. The first-order valence-electron chi connectivity index (χ1n) is 10.9. The number of tetrazole rings is 2. The molecule has 0 aliphatic carbocycles. The number of hydrogen-bond donors (Lipinski definition) is 0. The van der Waals surface area contributed by atoms with Crippen molar-refractivity contribution in [1.29, 1.82) is 0 Å². The Kier molecular flexibility index (Phi) is 4.93. The highest BCUT2D eigenvalue weighted by Gasteiger charge is 2.35. The molecule has 4 aromatic carbocycles. The van der Waals surface area contributed by atoms with E-state index in [0.29, 0.717) is 11.6 Å². The topological polar surface area (TPSA) is 69.2 Å². The van der Waals surface area contributed by atoms with Gasteiger partial charge in [-0.1, -0.05) is 77.5 Å². The van der Waals surface area contributed by atoms with Gasteiger partial charge in [0.25, 0.3) is 0 Å². The molecule has 8 heteroatoms. The van der Waals surface area contributed by atoms with Crippen molar-refractivity contribution in [2.45, 2.75) is 0 Å². The molecule has 0 radical (unpaired) electrons. The summed E-state index contributed by atoms with van der Waals surface area (Å²) in [7, 11) is 0. The molecule has 0 atom stereocenters. The largest absolute Gasteiger partial charge is 0.413 e. The molecule has 0 N–H and O–H groups in total. The summed E-state index contributed by atoms with van der Waals surface area (Å²) in [5.41, 5.74) is 3.47. The molecule has 0 spiro atoms. The predicted molar refractivity (Wildman–Crippen MR) is 125 cm³/mol. The molecule has 162 valence electrons. The van der Waals surface area contributed by atoms with Crippen molar-refractivity contribution in [1.82, 2.24) is 30.1 Å². The van der Waals surface area contributed by atoms with Crippen LogP contribution in [-0.2, 0) is 0 Å². The molecule has 0 aliphatic heterocycles. The van der Waals surface area contributed by atoms with Gasteiger partial charge in [-0.3, -0.25) is 0 Å². The smallest absolute Gasteiger partial charge is 0.0921 e. The van der Waals surface area contributed by atoms with Crippen LogP contribution in [0.2, 0.25) is 0 Å². The Bertz CT molecular complexity index is 1470. The van der Waals surface area contributed by atoms with Gasteiger partial charge < -0.3 is 0 Å². The molecule has 0 amide bonds. The third-order valence-electron chi connectivity index (χ3n) is 5.28. The maximum absolute atomic E-state index is 4.85. The highest BCUT2D eigenvalue weighted by Crippen LogP contribution is 2.13. The summed E-state index contributed by atoms with van der Waals surface area (Å²) in [6.45, 7) is 0. The van der Waals surface area contributed by atoms with E-state index in [0.717, 1.165) is 22.7 Å². The van der Waals surface area contributed by atoms with Crippen LogP contribution in [0.5, 0.6) is 0 Å². The summed E-state index contributed by atoms with van der Waals surface area (Å²) < 4.78 is 1.76. The lowest BCUT2D eigenvalue weighted by Gasteiger charge is -1.98. The normalized spacial score (nSPS) is 10.9. The lowest BCUT2D eigenvalue weighted by Crippen LogP contribution is -2.43. The van der Waals surface area contributed by atoms with Crippen LogP contribution in [0.15, 0.2) is 121 Å². The molecule has 0 fully saturated rings. The van der Waals surface area contributed by atoms with Gasteiger partial charge in [0.1, 0.15) is 11.4 Å². The molecule has 6 aromatic rings. The first kappa shape index (κ1) is 19.7. The molecular formula is C26H20N8+2. The fourth-order valence-corrected chi connectivity index (χ4v) is 3.66. The Balaban J connectivity index is 1.57. The van der Waals surface area contributed by atoms with E-state index < -0.39 is 0 Å². The fraction of sp³-hybridized carbons (Fsp3) is 0. The molecule has 0 saturated carbocycles. The summed E-state index contributed by atoms with van der Waals surface area (Å²) in [4.78, 5) is 5.13. The minimum atomic E-state index is 0.443. The van der Waals surface area contributed by atoms with Gasteiger partial charge in [-0.05, 0) is 53.3 Å². The van der Waals surface area contributed by atoms with Gasteiger partial charge in [0.2, 0.25) is 0 Å². The molecule has 0 aliphatic rings. The van der Waals surface area contributed by atoms with Gasteiger partial charge in [-0.25, -0.2) is 0 Å². The maximum Gasteiger partial charge on any atom is 0.413 e. The van der Waals surface area contributed by atoms with Gasteiger partial charge in [0.15, 0.2) is 11.4 Å². The van der Waals surface area contributed by atoms with Crippen LogP contribution < -0.4 is 9.48 Å². The quantitative estimate of drug-likeness (QED) is 0.383. The molecule has 0 unspecified atom stereocenters. The molecule has 34 heavy (non-hydrogen) atoms. The zero-order chi connectivity index (χ0) is 22.7. The van der Waals surface area contributed by atoms with Crippen molar-refractivity contribution >= 4 is 0 Å². The van der Waals surface area contributed by atoms with Gasteiger partial charge in [0, 0.05) is 14.7 Å². The second-order valence-electron chi connectivity index (χ2n) is 7.56. The van der Waals surface area contributed by atoms with Gasteiger partial charge in [0.05, 0.1) is 15.4 Å². The standard InChI is InChI=1S/C26H20N8/c1-5-13-21(14-6-1)31-26(29-32(30-31)22-15-7-2-8-16-22)25-27-33(23-17-9-3-10-18-23)34(28-25)24-19-11-4-12-20-24/h1-20H/q+2. The molecule has 2 aromatic heterocycles. The van der Waals surface area contributed by atoms with Gasteiger partial charge in [-0.2, -0.15) is 0 Å². The number of nitrogens with zero attached hydrogens (tertiary/aromatic N) is 8. The van der Waals surface area contributed by atoms with E-state index in [4.69, 9.17) is 20.5 Å². The number of rotatable bonds is 5. The SMILES string of the molecule is c1ccc(-n2nc(-c3nn(-c4ccccc4)[n+](-c4ccccc4)n3)[n+](-c3ccccc3)n2)cc1. The summed E-state index contributed by atoms with van der Waals surface area (Å²) in [5.74, 6) is 0.966. The summed E-state index contributed by atoms with van der Waals surface area (Å²) in [5, 5.41) is 19.2. The second kappa shape index (κ2) is 8.51. The van der Waals surface area contributed by atoms with Crippen LogP contribution >= 0.6 is 0 Å². The zero-order valence-electron chi connectivity index (χ0n) is 18.1. The summed E-state index contributed by atoms with van der Waals surface area (Å²) in [6, 6.07) is 39.5. The van der Waals surface area contributed by atoms with Crippen LogP contribution in [0.1, 0.15) is 0 Å². The third kappa shape index (κ3) is 3.63. The molecule has 6 rings (SSSR count). The van der Waals surface area contributed by atoms with E-state index in [1.807, 2.05) is 121 Å². The fourth-order valence-electron chi connectivity index (χ4n) is 3.66. The van der Waals surface area contributed by atoms with Crippen molar-refractivity contribution in [3.8, 4) is 34.4 Å². The van der Waals surface area contributed by atoms with Gasteiger partial charge in [-0.15, -0.1) is 0 Å². The first-order valence-corrected chi connectivity index (χ1v) is 10.9. The van der Waals surface area contributed by atoms with E-state index in [1.165, 1.54) is 0 Å². The Labute approximate surface area is 195 Å². The average Bonchev–Trinajstić information content (AvgIpc) is 3.56. The van der Waals surface area contributed by atoms with E-state index >= 15 is 0 Å². The third-order valence-corrected chi connectivity index (χ3v) is 5.28. The molecule has 0 bridgehead atoms. The highest BCUT2D eigenvalue weighted by molar-refractivity contribution is 5.40. The zero-order valence-corrected chi connectivity index (χ0v) is 18.1. The number of aromatic nitrogens is 8. The lowest BCUT2D eigenvalue weighted by molar-refractivity contribution is -0.734. The Morgan fingerprint density at radius 1 is 0.529 bits per heavy atom. The summed E-state index contributed by atoms with van der Waals surface area (Å²) in [6.07, 6.45) is 0. The lowest BCUT2D eigenvalue weighted by atomic mass is 10.3. The first-order chi connectivity index (χ1) is 16.9. The van der Waals surface area contributed by atoms with Crippen molar-refractivity contribution < 1.29 is 9.48 Å². The van der Waals surface area contributed by atoms with Crippen LogP contribution in [0.3, 0.4) is 0 Å². The highest BCUT2D eigenvalue weighted by atomic mass is 15.7. The molecule has 0 saturated heterocycles. The van der Waals surface area contributed by atoms with Crippen molar-refractivity contribution in [3.63, 3.8) is 0 Å². The maximum atomic E-state index is 4.85. The molecular weight excluding hydrogens is 424 g/mol. The van der Waals surface area contributed by atoms with Crippen LogP contribution in [0, 0.1) is 0 Å². The second-order valence-corrected chi connectivity index (χ2v) is 7.56. The number of para-hydroxylation sites is 4. The minimum absolute atomic E-state index is 0.443. The van der Waals surface area contributed by atoms with Crippen LogP contribution in [0.4, 0.5) is 0 Å². The Morgan fingerprint density at radius 3 is 1.68 bits per heavy atom. The van der Waals surface area contributed by atoms with Crippen molar-refractivity contribution in [2.75, 3.05) is 0 Å². The summed E-state index contributed by atoms with van der Waals surface area (Å²) >= 11 is 0. The monoisotopic (exact) mass is 444 g/mol. The Morgan fingerprint density at radius 2 is 1.06 bits per heavy atom. The van der Waals surface area contributed by atoms with Crippen LogP contribution in [0.25, 0.3) is 34.4 Å². The number of benzene rings is 4. The van der Waals surface area contributed by atoms with Crippen molar-refractivity contribution in [3.05, 3.63) is 121 Å². The van der Waals surface area contributed by atoms with E-state index in [2.05, 4.69) is 0 Å².